The average molecular weight is 242 g/mol. The van der Waals surface area contributed by atoms with E-state index in [-0.39, 0.29) is 11.3 Å². The van der Waals surface area contributed by atoms with E-state index in [1.54, 1.807) is 0 Å². The summed E-state index contributed by atoms with van der Waals surface area (Å²) >= 11 is 0. The highest BCUT2D eigenvalue weighted by atomic mass is 16.4. The third-order valence-electron chi connectivity index (χ3n) is 4.21. The van der Waals surface area contributed by atoms with Crippen LogP contribution in [0.5, 0.6) is 0 Å². The SMILES string of the molecule is CCCCC(CC)(CCCC)C(CC)C(=O)O. The Balaban J connectivity index is 4.91. The number of rotatable bonds is 10. The molecule has 0 aromatic heterocycles. The lowest BCUT2D eigenvalue weighted by Crippen LogP contribution is -2.35. The van der Waals surface area contributed by atoms with Gasteiger partial charge in [-0.05, 0) is 31.1 Å². The maximum Gasteiger partial charge on any atom is 0.307 e. The summed E-state index contributed by atoms with van der Waals surface area (Å²) in [5, 5.41) is 9.44. The van der Waals surface area contributed by atoms with Gasteiger partial charge in [0.2, 0.25) is 0 Å². The standard InChI is InChI=1S/C15H30O2/c1-5-9-11-15(8-4,12-10-6-2)13(7-3)14(16)17/h13H,5-12H2,1-4H3,(H,16,17). The van der Waals surface area contributed by atoms with E-state index in [0.717, 1.165) is 51.4 Å². The maximum atomic E-state index is 11.5. The minimum atomic E-state index is -0.596. The van der Waals surface area contributed by atoms with Crippen LogP contribution in [0.1, 0.15) is 79.1 Å². The molecule has 0 spiro atoms. The van der Waals surface area contributed by atoms with Crippen LogP contribution in [0, 0.1) is 11.3 Å². The number of carboxylic acid groups (broad SMARTS) is 1. The molecular formula is C15H30O2. The molecule has 102 valence electrons. The molecule has 0 rings (SSSR count). The molecule has 1 atom stereocenters. The summed E-state index contributed by atoms with van der Waals surface area (Å²) < 4.78 is 0. The molecule has 0 aromatic rings. The molecule has 1 unspecified atom stereocenters. The molecule has 0 fully saturated rings. The second kappa shape index (κ2) is 8.54. The molecule has 0 aromatic carbocycles. The molecule has 2 heteroatoms. The summed E-state index contributed by atoms with van der Waals surface area (Å²) in [6.45, 7) is 8.54. The Bertz CT molecular complexity index is 203. The van der Waals surface area contributed by atoms with Crippen molar-refractivity contribution in [3.8, 4) is 0 Å². The zero-order valence-corrected chi connectivity index (χ0v) is 12.1. The van der Waals surface area contributed by atoms with Gasteiger partial charge in [-0.1, -0.05) is 53.4 Å². The first-order valence-corrected chi connectivity index (χ1v) is 7.30. The summed E-state index contributed by atoms with van der Waals surface area (Å²) in [5.41, 5.74) is 0.0343. The van der Waals surface area contributed by atoms with Gasteiger partial charge in [-0.25, -0.2) is 0 Å². The lowest BCUT2D eigenvalue weighted by molar-refractivity contribution is -0.148. The van der Waals surface area contributed by atoms with Gasteiger partial charge in [-0.2, -0.15) is 0 Å². The molecule has 0 saturated heterocycles. The first kappa shape index (κ1) is 16.5. The normalized spacial score (nSPS) is 13.6. The van der Waals surface area contributed by atoms with E-state index in [9.17, 15) is 9.90 Å². The smallest absolute Gasteiger partial charge is 0.307 e. The van der Waals surface area contributed by atoms with Crippen molar-refractivity contribution in [3.63, 3.8) is 0 Å². The Labute approximate surface area is 107 Å². The van der Waals surface area contributed by atoms with Gasteiger partial charge < -0.3 is 5.11 Å². The van der Waals surface area contributed by atoms with Crippen LogP contribution in [-0.4, -0.2) is 11.1 Å². The molecular weight excluding hydrogens is 212 g/mol. The molecule has 0 saturated carbocycles. The van der Waals surface area contributed by atoms with Crippen molar-refractivity contribution in [1.29, 1.82) is 0 Å². The van der Waals surface area contributed by atoms with Crippen LogP contribution < -0.4 is 0 Å². The largest absolute Gasteiger partial charge is 0.481 e. The Kier molecular flexibility index (Phi) is 8.28. The van der Waals surface area contributed by atoms with Gasteiger partial charge in [0.25, 0.3) is 0 Å². The topological polar surface area (TPSA) is 37.3 Å². The van der Waals surface area contributed by atoms with Gasteiger partial charge in [0.05, 0.1) is 5.92 Å². The van der Waals surface area contributed by atoms with Crippen LogP contribution in [0.25, 0.3) is 0 Å². The maximum absolute atomic E-state index is 11.5. The number of carbonyl (C=O) groups is 1. The molecule has 17 heavy (non-hydrogen) atoms. The second-order valence-electron chi connectivity index (χ2n) is 5.22. The fourth-order valence-electron chi connectivity index (χ4n) is 3.00. The Morgan fingerprint density at radius 3 is 1.76 bits per heavy atom. The first-order chi connectivity index (χ1) is 8.07. The Morgan fingerprint density at radius 2 is 1.53 bits per heavy atom. The van der Waals surface area contributed by atoms with Gasteiger partial charge in [-0.15, -0.1) is 0 Å². The highest BCUT2D eigenvalue weighted by Gasteiger charge is 2.39. The molecule has 0 aliphatic rings. The van der Waals surface area contributed by atoms with Crippen LogP contribution in [0.4, 0.5) is 0 Å². The zero-order valence-electron chi connectivity index (χ0n) is 12.1. The van der Waals surface area contributed by atoms with Crippen molar-refractivity contribution in [2.24, 2.45) is 11.3 Å². The van der Waals surface area contributed by atoms with Gasteiger partial charge in [0.15, 0.2) is 0 Å². The number of hydrogen-bond acceptors (Lipinski definition) is 1. The highest BCUT2D eigenvalue weighted by Crippen LogP contribution is 2.43. The van der Waals surface area contributed by atoms with Crippen LogP contribution in [0.15, 0.2) is 0 Å². The summed E-state index contributed by atoms with van der Waals surface area (Å²) in [4.78, 5) is 11.5. The van der Waals surface area contributed by atoms with Crippen LogP contribution in [0.3, 0.4) is 0 Å². The molecule has 0 aliphatic carbocycles. The minimum Gasteiger partial charge on any atom is -0.481 e. The van der Waals surface area contributed by atoms with E-state index in [1.165, 1.54) is 0 Å². The summed E-state index contributed by atoms with van der Waals surface area (Å²) in [7, 11) is 0. The van der Waals surface area contributed by atoms with Crippen LogP contribution in [-0.2, 0) is 4.79 Å². The van der Waals surface area contributed by atoms with E-state index >= 15 is 0 Å². The van der Waals surface area contributed by atoms with Crippen molar-refractivity contribution in [2.75, 3.05) is 0 Å². The number of carboxylic acids is 1. The molecule has 0 amide bonds. The number of unbranched alkanes of at least 4 members (excludes halogenated alkanes) is 2. The molecule has 0 heterocycles. The molecule has 0 aliphatic heterocycles. The third kappa shape index (κ3) is 4.69. The van der Waals surface area contributed by atoms with Crippen molar-refractivity contribution in [1.82, 2.24) is 0 Å². The Hall–Kier alpha value is -0.530. The average Bonchev–Trinajstić information content (AvgIpc) is 2.32. The lowest BCUT2D eigenvalue weighted by atomic mass is 9.66. The van der Waals surface area contributed by atoms with Crippen LogP contribution in [0.2, 0.25) is 0 Å². The number of hydrogen-bond donors (Lipinski definition) is 1. The van der Waals surface area contributed by atoms with Gasteiger partial charge >= 0.3 is 5.97 Å². The van der Waals surface area contributed by atoms with E-state index in [4.69, 9.17) is 0 Å². The van der Waals surface area contributed by atoms with Gasteiger partial charge in [0.1, 0.15) is 0 Å². The molecule has 1 N–H and O–H groups in total. The fourth-order valence-corrected chi connectivity index (χ4v) is 3.00. The predicted octanol–water partition coefficient (Wildman–Crippen LogP) is 4.87. The monoisotopic (exact) mass is 242 g/mol. The lowest BCUT2D eigenvalue weighted by Gasteiger charge is -2.38. The summed E-state index contributed by atoms with van der Waals surface area (Å²) in [6, 6.07) is 0. The molecule has 0 bridgehead atoms. The first-order valence-electron chi connectivity index (χ1n) is 7.30. The Morgan fingerprint density at radius 1 is 1.06 bits per heavy atom. The number of aliphatic carboxylic acids is 1. The van der Waals surface area contributed by atoms with Crippen LogP contribution >= 0.6 is 0 Å². The quantitative estimate of drug-likeness (QED) is 0.593. The zero-order chi connectivity index (χ0) is 13.3. The highest BCUT2D eigenvalue weighted by molar-refractivity contribution is 5.71. The van der Waals surface area contributed by atoms with Crippen molar-refractivity contribution in [3.05, 3.63) is 0 Å². The van der Waals surface area contributed by atoms with Crippen molar-refractivity contribution < 1.29 is 9.90 Å². The second-order valence-corrected chi connectivity index (χ2v) is 5.22. The summed E-state index contributed by atoms with van der Waals surface area (Å²) in [5.74, 6) is -0.757. The van der Waals surface area contributed by atoms with Crippen molar-refractivity contribution >= 4 is 5.97 Å². The van der Waals surface area contributed by atoms with E-state index < -0.39 is 5.97 Å². The molecule has 0 radical (unpaired) electrons. The van der Waals surface area contributed by atoms with Crippen molar-refractivity contribution in [2.45, 2.75) is 79.1 Å². The molecule has 2 nitrogen and oxygen atoms in total. The minimum absolute atomic E-state index is 0.0343. The van der Waals surface area contributed by atoms with E-state index in [0.29, 0.717) is 0 Å². The van der Waals surface area contributed by atoms with E-state index in [1.807, 2.05) is 6.92 Å². The van der Waals surface area contributed by atoms with Gasteiger partial charge in [-0.3, -0.25) is 4.79 Å². The predicted molar refractivity (Wildman–Crippen MR) is 73.2 cm³/mol. The fraction of sp³-hybridized carbons (Fsp3) is 0.933. The third-order valence-corrected chi connectivity index (χ3v) is 4.21. The van der Waals surface area contributed by atoms with E-state index in [2.05, 4.69) is 20.8 Å². The summed E-state index contributed by atoms with van der Waals surface area (Å²) in [6.07, 6.45) is 8.53. The van der Waals surface area contributed by atoms with Gasteiger partial charge in [0, 0.05) is 0 Å².